The molecule has 0 aromatic carbocycles. The van der Waals surface area contributed by atoms with Crippen LogP contribution >= 0.6 is 12.4 Å². The zero-order valence-corrected chi connectivity index (χ0v) is 14.4. The molecule has 1 amide bonds. The lowest BCUT2D eigenvalue weighted by Gasteiger charge is -2.37. The second-order valence-electron chi connectivity index (χ2n) is 6.31. The van der Waals surface area contributed by atoms with Gasteiger partial charge in [-0.25, -0.2) is 0 Å². The Morgan fingerprint density at radius 3 is 2.52 bits per heavy atom. The van der Waals surface area contributed by atoms with Crippen LogP contribution in [0.25, 0.3) is 0 Å². The molecule has 0 saturated carbocycles. The molecule has 0 bridgehead atoms. The van der Waals surface area contributed by atoms with E-state index in [0.717, 1.165) is 32.8 Å². The summed E-state index contributed by atoms with van der Waals surface area (Å²) in [7, 11) is 3.36. The van der Waals surface area contributed by atoms with Gasteiger partial charge < -0.3 is 20.1 Å². The second kappa shape index (κ2) is 9.58. The number of carbonyl (C=O) groups excluding carboxylic acids is 1. The van der Waals surface area contributed by atoms with Crippen molar-refractivity contribution in [1.29, 1.82) is 0 Å². The van der Waals surface area contributed by atoms with Crippen molar-refractivity contribution < 1.29 is 14.3 Å². The van der Waals surface area contributed by atoms with Crippen LogP contribution in [0.5, 0.6) is 0 Å². The van der Waals surface area contributed by atoms with Gasteiger partial charge in [0.05, 0.1) is 19.8 Å². The summed E-state index contributed by atoms with van der Waals surface area (Å²) in [5, 5.41) is 0. The van der Waals surface area contributed by atoms with E-state index in [1.807, 2.05) is 0 Å². The van der Waals surface area contributed by atoms with Gasteiger partial charge in [0.2, 0.25) is 5.91 Å². The van der Waals surface area contributed by atoms with Crippen LogP contribution in [0.15, 0.2) is 0 Å². The summed E-state index contributed by atoms with van der Waals surface area (Å²) in [5.41, 5.74) is 5.81. The SMILES string of the molecule is COCC(N)C(=O)N(C)CC(C)(C)CN1CCOCC1.Cl. The quantitative estimate of drug-likeness (QED) is 0.725. The first-order valence-electron chi connectivity index (χ1n) is 7.15. The molecule has 1 aliphatic rings. The highest BCUT2D eigenvalue weighted by Crippen LogP contribution is 2.19. The Hall–Kier alpha value is -0.400. The third kappa shape index (κ3) is 7.42. The highest BCUT2D eigenvalue weighted by molar-refractivity contribution is 5.85. The van der Waals surface area contributed by atoms with Crippen molar-refractivity contribution in [1.82, 2.24) is 9.80 Å². The third-order valence-corrected chi connectivity index (χ3v) is 3.46. The highest BCUT2D eigenvalue weighted by atomic mass is 35.5. The van der Waals surface area contributed by atoms with E-state index in [4.69, 9.17) is 15.2 Å². The van der Waals surface area contributed by atoms with Crippen molar-refractivity contribution in [3.63, 3.8) is 0 Å². The monoisotopic (exact) mass is 323 g/mol. The molecule has 1 aliphatic heterocycles. The van der Waals surface area contributed by atoms with Crippen molar-refractivity contribution in [3.05, 3.63) is 0 Å². The summed E-state index contributed by atoms with van der Waals surface area (Å²) >= 11 is 0. The first kappa shape index (κ1) is 20.6. The lowest BCUT2D eigenvalue weighted by atomic mass is 9.91. The molecule has 2 N–H and O–H groups in total. The molecule has 6 nitrogen and oxygen atoms in total. The van der Waals surface area contributed by atoms with Gasteiger partial charge in [-0.1, -0.05) is 13.8 Å². The van der Waals surface area contributed by atoms with Crippen LogP contribution in [-0.2, 0) is 14.3 Å². The van der Waals surface area contributed by atoms with E-state index in [2.05, 4.69) is 18.7 Å². The maximum Gasteiger partial charge on any atom is 0.241 e. The van der Waals surface area contributed by atoms with Gasteiger partial charge in [0.15, 0.2) is 0 Å². The van der Waals surface area contributed by atoms with Crippen molar-refractivity contribution in [2.24, 2.45) is 11.1 Å². The zero-order chi connectivity index (χ0) is 15.2. The predicted octanol–water partition coefficient (Wildman–Crippen LogP) is 0.199. The Bertz CT molecular complexity index is 310. The molecule has 0 radical (unpaired) electrons. The minimum absolute atomic E-state index is 0. The summed E-state index contributed by atoms with van der Waals surface area (Å²) in [6, 6.07) is -0.579. The topological polar surface area (TPSA) is 68.0 Å². The maximum absolute atomic E-state index is 12.1. The fourth-order valence-corrected chi connectivity index (χ4v) is 2.67. The van der Waals surface area contributed by atoms with Crippen molar-refractivity contribution in [2.45, 2.75) is 19.9 Å². The molecule has 0 aromatic rings. The summed E-state index contributed by atoms with van der Waals surface area (Å²) in [6.45, 7) is 9.75. The van der Waals surface area contributed by atoms with Crippen LogP contribution in [0, 0.1) is 5.41 Å². The number of likely N-dealkylation sites (N-methyl/N-ethyl adjacent to an activating group) is 1. The van der Waals surface area contributed by atoms with Crippen molar-refractivity contribution in [3.8, 4) is 0 Å². The average molecular weight is 324 g/mol. The minimum atomic E-state index is -0.579. The summed E-state index contributed by atoms with van der Waals surface area (Å²) in [4.78, 5) is 16.2. The van der Waals surface area contributed by atoms with Crippen LogP contribution < -0.4 is 5.73 Å². The zero-order valence-electron chi connectivity index (χ0n) is 13.6. The first-order chi connectivity index (χ1) is 9.35. The van der Waals surface area contributed by atoms with Gasteiger partial charge in [-0.05, 0) is 5.41 Å². The molecule has 0 aromatic heterocycles. The number of rotatable bonds is 7. The second-order valence-corrected chi connectivity index (χ2v) is 6.31. The largest absolute Gasteiger partial charge is 0.383 e. The standard InChI is InChI=1S/C14H29N3O3.ClH/c1-14(2,11-17-5-7-20-8-6-17)10-16(3)13(18)12(15)9-19-4;/h12H,5-11,15H2,1-4H3;1H. The molecule has 1 heterocycles. The average Bonchev–Trinajstić information content (AvgIpc) is 2.38. The molecule has 1 saturated heterocycles. The van der Waals surface area contributed by atoms with Crippen LogP contribution in [-0.4, -0.2) is 81.9 Å². The Balaban J connectivity index is 0.00000400. The summed E-state index contributed by atoms with van der Waals surface area (Å²) < 4.78 is 10.3. The normalized spacial score (nSPS) is 18.0. The lowest BCUT2D eigenvalue weighted by Crippen LogP contribution is -2.50. The van der Waals surface area contributed by atoms with Gasteiger partial charge in [-0.2, -0.15) is 0 Å². The van der Waals surface area contributed by atoms with E-state index < -0.39 is 6.04 Å². The molecule has 1 atom stereocenters. The smallest absolute Gasteiger partial charge is 0.241 e. The molecule has 7 heteroatoms. The fourth-order valence-electron chi connectivity index (χ4n) is 2.67. The minimum Gasteiger partial charge on any atom is -0.383 e. The van der Waals surface area contributed by atoms with Crippen LogP contribution in [0.3, 0.4) is 0 Å². The number of halogens is 1. The summed E-state index contributed by atoms with van der Waals surface area (Å²) in [5.74, 6) is -0.0677. The van der Waals surface area contributed by atoms with Crippen LogP contribution in [0.1, 0.15) is 13.8 Å². The number of ether oxygens (including phenoxy) is 2. The van der Waals surface area contributed by atoms with Crippen LogP contribution in [0.4, 0.5) is 0 Å². The molecule has 126 valence electrons. The molecular formula is C14H30ClN3O3. The van der Waals surface area contributed by atoms with Gasteiger partial charge in [0.25, 0.3) is 0 Å². The van der Waals surface area contributed by atoms with Crippen molar-refractivity contribution >= 4 is 18.3 Å². The van der Waals surface area contributed by atoms with Gasteiger partial charge >= 0.3 is 0 Å². The fraction of sp³-hybridized carbons (Fsp3) is 0.929. The molecular weight excluding hydrogens is 294 g/mol. The number of hydrogen-bond donors (Lipinski definition) is 1. The number of morpholine rings is 1. The number of nitrogens with zero attached hydrogens (tertiary/aromatic N) is 2. The summed E-state index contributed by atoms with van der Waals surface area (Å²) in [6.07, 6.45) is 0. The number of hydrogen-bond acceptors (Lipinski definition) is 5. The molecule has 0 spiro atoms. The van der Waals surface area contributed by atoms with E-state index in [1.165, 1.54) is 0 Å². The number of methoxy groups -OCH3 is 1. The molecule has 1 rings (SSSR count). The first-order valence-corrected chi connectivity index (χ1v) is 7.15. The number of nitrogens with two attached hydrogens (primary N) is 1. The molecule has 1 fully saturated rings. The Morgan fingerprint density at radius 1 is 1.43 bits per heavy atom. The predicted molar refractivity (Wildman–Crippen MR) is 85.8 cm³/mol. The van der Waals surface area contributed by atoms with Gasteiger partial charge in [-0.3, -0.25) is 9.69 Å². The van der Waals surface area contributed by atoms with E-state index in [9.17, 15) is 4.79 Å². The van der Waals surface area contributed by atoms with Gasteiger partial charge in [0.1, 0.15) is 6.04 Å². The molecule has 0 aliphatic carbocycles. The Kier molecular flexibility index (Phi) is 9.40. The molecule has 1 unspecified atom stereocenters. The Labute approximate surface area is 134 Å². The lowest BCUT2D eigenvalue weighted by molar-refractivity contribution is -0.134. The van der Waals surface area contributed by atoms with E-state index in [1.54, 1.807) is 19.1 Å². The third-order valence-electron chi connectivity index (χ3n) is 3.46. The Morgan fingerprint density at radius 2 is 2.00 bits per heavy atom. The van der Waals surface area contributed by atoms with E-state index in [0.29, 0.717) is 6.54 Å². The van der Waals surface area contributed by atoms with Gasteiger partial charge in [0, 0.05) is 40.3 Å². The van der Waals surface area contributed by atoms with E-state index >= 15 is 0 Å². The highest BCUT2D eigenvalue weighted by Gasteiger charge is 2.28. The van der Waals surface area contributed by atoms with Crippen LogP contribution in [0.2, 0.25) is 0 Å². The number of carbonyl (C=O) groups is 1. The molecule has 21 heavy (non-hydrogen) atoms. The van der Waals surface area contributed by atoms with Gasteiger partial charge in [-0.15, -0.1) is 12.4 Å². The van der Waals surface area contributed by atoms with E-state index in [-0.39, 0.29) is 30.3 Å². The number of amides is 1. The van der Waals surface area contributed by atoms with Crippen molar-refractivity contribution in [2.75, 3.05) is 60.2 Å². The maximum atomic E-state index is 12.1.